The lowest BCUT2D eigenvalue weighted by Crippen LogP contribution is -2.14. The molecule has 1 atom stereocenters. The molecule has 0 bridgehead atoms. The van der Waals surface area contributed by atoms with Gasteiger partial charge < -0.3 is 0 Å². The monoisotopic (exact) mass is 179 g/mol. The van der Waals surface area contributed by atoms with Gasteiger partial charge in [-0.05, 0) is 12.1 Å². The van der Waals surface area contributed by atoms with Gasteiger partial charge in [0.15, 0.2) is 0 Å². The summed E-state index contributed by atoms with van der Waals surface area (Å²) >= 11 is 0. The third-order valence-corrected chi connectivity index (χ3v) is 2.96. The zero-order chi connectivity index (χ0) is 8.39. The second kappa shape index (κ2) is 3.11. The quantitative estimate of drug-likeness (QED) is 0.642. The molecule has 0 aromatic heterocycles. The van der Waals surface area contributed by atoms with Crippen LogP contribution in [0.1, 0.15) is 0 Å². The van der Waals surface area contributed by atoms with E-state index >= 15 is 0 Å². The largest absolute Gasteiger partial charge is 0.267 e. The van der Waals surface area contributed by atoms with E-state index in [2.05, 4.69) is 0 Å². The van der Waals surface area contributed by atoms with Gasteiger partial charge in [-0.3, -0.25) is 4.31 Å². The van der Waals surface area contributed by atoms with E-state index in [0.29, 0.717) is 5.75 Å². The van der Waals surface area contributed by atoms with E-state index in [0.717, 1.165) is 5.69 Å². The lowest BCUT2D eigenvalue weighted by atomic mass is 10.3. The maximum absolute atomic E-state index is 11.3. The maximum Gasteiger partial charge on any atom is 0.127 e. The lowest BCUT2D eigenvalue weighted by molar-refractivity contribution is 0.686. The molecular formula is C9H9NOS. The van der Waals surface area contributed by atoms with Crippen LogP contribution in [0, 0.1) is 0 Å². The molecule has 0 amide bonds. The highest BCUT2D eigenvalue weighted by atomic mass is 32.2. The third kappa shape index (κ3) is 1.28. The Kier molecular flexibility index (Phi) is 1.96. The normalized spacial score (nSPS) is 21.7. The van der Waals surface area contributed by atoms with Crippen LogP contribution in [-0.2, 0) is 11.0 Å². The summed E-state index contributed by atoms with van der Waals surface area (Å²) in [5, 5.41) is 0. The Morgan fingerprint density at radius 1 is 1.25 bits per heavy atom. The van der Waals surface area contributed by atoms with Crippen molar-refractivity contribution in [1.29, 1.82) is 0 Å². The molecule has 2 rings (SSSR count). The summed E-state index contributed by atoms with van der Waals surface area (Å²) in [6.07, 6.45) is 3.79. The summed E-state index contributed by atoms with van der Waals surface area (Å²) in [5.41, 5.74) is 0.990. The predicted octanol–water partition coefficient (Wildman–Crippen LogP) is 1.68. The molecule has 1 unspecified atom stereocenters. The molecule has 12 heavy (non-hydrogen) atoms. The van der Waals surface area contributed by atoms with Gasteiger partial charge in [-0.15, -0.1) is 0 Å². The molecule has 3 heteroatoms. The molecule has 0 fully saturated rings. The molecule has 0 saturated carbocycles. The van der Waals surface area contributed by atoms with Crippen LogP contribution in [0.2, 0.25) is 0 Å². The first-order valence-electron chi connectivity index (χ1n) is 3.77. The summed E-state index contributed by atoms with van der Waals surface area (Å²) in [6, 6.07) is 9.74. The topological polar surface area (TPSA) is 20.3 Å². The number of rotatable bonds is 1. The van der Waals surface area contributed by atoms with Crippen molar-refractivity contribution in [2.24, 2.45) is 0 Å². The fourth-order valence-electron chi connectivity index (χ4n) is 1.15. The number of benzene rings is 1. The Hall–Kier alpha value is -1.09. The Morgan fingerprint density at radius 3 is 2.58 bits per heavy atom. The highest BCUT2D eigenvalue weighted by molar-refractivity contribution is 7.87. The fourth-order valence-corrected chi connectivity index (χ4v) is 2.14. The van der Waals surface area contributed by atoms with Crippen LogP contribution in [0.25, 0.3) is 0 Å². The van der Waals surface area contributed by atoms with Crippen molar-refractivity contribution in [3.63, 3.8) is 0 Å². The zero-order valence-electron chi connectivity index (χ0n) is 6.51. The molecule has 62 valence electrons. The van der Waals surface area contributed by atoms with Gasteiger partial charge in [0.1, 0.15) is 11.0 Å². The van der Waals surface area contributed by atoms with E-state index in [-0.39, 0.29) is 0 Å². The van der Waals surface area contributed by atoms with Crippen LogP contribution in [0.4, 0.5) is 5.69 Å². The second-order valence-corrected chi connectivity index (χ2v) is 3.90. The number of nitrogens with zero attached hydrogens (tertiary/aromatic N) is 1. The number of hydrogen-bond acceptors (Lipinski definition) is 1. The summed E-state index contributed by atoms with van der Waals surface area (Å²) in [7, 11) is -0.889. The van der Waals surface area contributed by atoms with Crippen molar-refractivity contribution in [1.82, 2.24) is 0 Å². The second-order valence-electron chi connectivity index (χ2n) is 2.53. The Morgan fingerprint density at radius 2 is 2.00 bits per heavy atom. The first-order valence-corrected chi connectivity index (χ1v) is 5.05. The van der Waals surface area contributed by atoms with Crippen molar-refractivity contribution in [2.75, 3.05) is 10.1 Å². The SMILES string of the molecule is O=S1CC=CN1c1ccccc1. The van der Waals surface area contributed by atoms with Crippen LogP contribution in [0.5, 0.6) is 0 Å². The number of para-hydroxylation sites is 1. The van der Waals surface area contributed by atoms with Crippen LogP contribution < -0.4 is 4.31 Å². The van der Waals surface area contributed by atoms with Gasteiger partial charge in [-0.25, -0.2) is 4.21 Å². The fraction of sp³-hybridized carbons (Fsp3) is 0.111. The predicted molar refractivity (Wildman–Crippen MR) is 51.1 cm³/mol. The van der Waals surface area contributed by atoms with Gasteiger partial charge in [-0.2, -0.15) is 0 Å². The van der Waals surface area contributed by atoms with Crippen molar-refractivity contribution < 1.29 is 4.21 Å². The van der Waals surface area contributed by atoms with E-state index in [1.807, 2.05) is 42.6 Å². The molecule has 1 heterocycles. The Labute approximate surface area is 74.1 Å². The first kappa shape index (κ1) is 7.55. The minimum absolute atomic E-state index is 0.634. The molecule has 0 radical (unpaired) electrons. The molecule has 0 aliphatic carbocycles. The van der Waals surface area contributed by atoms with Crippen molar-refractivity contribution >= 4 is 16.7 Å². The minimum atomic E-state index is -0.889. The van der Waals surface area contributed by atoms with E-state index in [9.17, 15) is 4.21 Å². The first-order chi connectivity index (χ1) is 5.88. The van der Waals surface area contributed by atoms with Gasteiger partial charge in [-0.1, -0.05) is 24.3 Å². The maximum atomic E-state index is 11.3. The summed E-state index contributed by atoms with van der Waals surface area (Å²) in [6.45, 7) is 0. The Balaban J connectivity index is 2.31. The zero-order valence-corrected chi connectivity index (χ0v) is 7.33. The van der Waals surface area contributed by atoms with Gasteiger partial charge in [0.25, 0.3) is 0 Å². The molecule has 2 nitrogen and oxygen atoms in total. The van der Waals surface area contributed by atoms with Gasteiger partial charge >= 0.3 is 0 Å². The molecule has 0 N–H and O–H groups in total. The van der Waals surface area contributed by atoms with Gasteiger partial charge in [0.05, 0.1) is 11.4 Å². The molecule has 1 aromatic carbocycles. The molecule has 1 aliphatic heterocycles. The van der Waals surface area contributed by atoms with Gasteiger partial charge in [0.2, 0.25) is 0 Å². The molecular weight excluding hydrogens is 170 g/mol. The average Bonchev–Trinajstić information content (AvgIpc) is 2.53. The molecule has 0 saturated heterocycles. The van der Waals surface area contributed by atoms with Crippen molar-refractivity contribution in [3.05, 3.63) is 42.6 Å². The molecule has 1 aliphatic rings. The summed E-state index contributed by atoms with van der Waals surface area (Å²) in [4.78, 5) is 0. The van der Waals surface area contributed by atoms with Crippen molar-refractivity contribution in [2.45, 2.75) is 0 Å². The highest BCUT2D eigenvalue weighted by Gasteiger charge is 2.13. The van der Waals surface area contributed by atoms with Crippen LogP contribution in [-0.4, -0.2) is 9.96 Å². The highest BCUT2D eigenvalue weighted by Crippen LogP contribution is 2.19. The number of anilines is 1. The average molecular weight is 179 g/mol. The Bertz CT molecular complexity index is 321. The van der Waals surface area contributed by atoms with Gasteiger partial charge in [0, 0.05) is 6.20 Å². The summed E-state index contributed by atoms with van der Waals surface area (Å²) < 4.78 is 13.1. The van der Waals surface area contributed by atoms with Crippen LogP contribution in [0.3, 0.4) is 0 Å². The minimum Gasteiger partial charge on any atom is -0.267 e. The van der Waals surface area contributed by atoms with E-state index in [1.165, 1.54) is 0 Å². The molecule has 0 spiro atoms. The smallest absolute Gasteiger partial charge is 0.127 e. The molecule has 1 aromatic rings. The van der Waals surface area contributed by atoms with E-state index in [1.54, 1.807) is 4.31 Å². The third-order valence-electron chi connectivity index (χ3n) is 1.71. The van der Waals surface area contributed by atoms with Crippen LogP contribution >= 0.6 is 0 Å². The standard InChI is InChI=1S/C9H9NOS/c11-12-8-4-7-10(12)9-5-2-1-3-6-9/h1-7H,8H2. The lowest BCUT2D eigenvalue weighted by Gasteiger charge is -2.12. The van der Waals surface area contributed by atoms with Crippen molar-refractivity contribution in [3.8, 4) is 0 Å². The van der Waals surface area contributed by atoms with Crippen LogP contribution in [0.15, 0.2) is 42.6 Å². The number of hydrogen-bond donors (Lipinski definition) is 0. The van der Waals surface area contributed by atoms with E-state index < -0.39 is 11.0 Å². The summed E-state index contributed by atoms with van der Waals surface area (Å²) in [5.74, 6) is 0.634. The van der Waals surface area contributed by atoms with E-state index in [4.69, 9.17) is 0 Å².